The Bertz CT molecular complexity index is 408. The van der Waals surface area contributed by atoms with Crippen LogP contribution in [-0.2, 0) is 6.18 Å². The molecule has 1 rings (SSSR count). The number of para-hydroxylation sites is 1. The van der Waals surface area contributed by atoms with Gasteiger partial charge in [-0.3, -0.25) is 0 Å². The van der Waals surface area contributed by atoms with E-state index >= 15 is 0 Å². The smallest absolute Gasteiger partial charge is 0.419 e. The number of rotatable bonds is 7. The predicted molar refractivity (Wildman–Crippen MR) is 70.7 cm³/mol. The average molecular weight is 291 g/mol. The maximum Gasteiger partial charge on any atom is 0.419 e. The van der Waals surface area contributed by atoms with Crippen molar-refractivity contribution in [1.82, 2.24) is 5.32 Å². The van der Waals surface area contributed by atoms with Crippen LogP contribution in [0.3, 0.4) is 0 Å². The Hall–Kier alpha value is -1.27. The molecule has 0 aliphatic carbocycles. The summed E-state index contributed by atoms with van der Waals surface area (Å²) in [4.78, 5) is 0. The monoisotopic (exact) mass is 291 g/mol. The third kappa shape index (κ3) is 5.79. The lowest BCUT2D eigenvalue weighted by molar-refractivity contribution is -0.139. The minimum absolute atomic E-state index is 0.182. The number of ether oxygens (including phenoxy) is 1. The summed E-state index contributed by atoms with van der Waals surface area (Å²) in [6.45, 7) is 4.88. The Kier molecular flexibility index (Phi) is 6.29. The first-order valence-electron chi connectivity index (χ1n) is 6.48. The third-order valence-corrected chi connectivity index (χ3v) is 2.56. The van der Waals surface area contributed by atoms with Crippen molar-refractivity contribution in [2.45, 2.75) is 26.1 Å². The maximum absolute atomic E-state index is 12.7. The quantitative estimate of drug-likeness (QED) is 0.811. The van der Waals surface area contributed by atoms with E-state index in [1.54, 1.807) is 0 Å². The molecular weight excluding hydrogens is 271 g/mol. The van der Waals surface area contributed by atoms with E-state index in [0.717, 1.165) is 12.6 Å². The van der Waals surface area contributed by atoms with Crippen LogP contribution in [0, 0.1) is 5.92 Å². The number of benzene rings is 1. The summed E-state index contributed by atoms with van der Waals surface area (Å²) in [7, 11) is 0. The van der Waals surface area contributed by atoms with Crippen LogP contribution in [0.25, 0.3) is 0 Å². The number of aliphatic hydroxyl groups excluding tert-OH is 1. The van der Waals surface area contributed by atoms with Gasteiger partial charge in [-0.1, -0.05) is 26.0 Å². The van der Waals surface area contributed by atoms with Gasteiger partial charge in [0.25, 0.3) is 0 Å². The van der Waals surface area contributed by atoms with Gasteiger partial charge in [-0.05, 0) is 24.6 Å². The van der Waals surface area contributed by atoms with Gasteiger partial charge in [-0.2, -0.15) is 13.2 Å². The summed E-state index contributed by atoms with van der Waals surface area (Å²) in [6.07, 6.45) is -5.31. The lowest BCUT2D eigenvalue weighted by atomic mass is 10.2. The van der Waals surface area contributed by atoms with Crippen molar-refractivity contribution in [3.05, 3.63) is 29.8 Å². The predicted octanol–water partition coefficient (Wildman–Crippen LogP) is 2.69. The van der Waals surface area contributed by atoms with Gasteiger partial charge in [0.05, 0.1) is 5.56 Å². The average Bonchev–Trinajstić information content (AvgIpc) is 2.35. The molecule has 0 aliphatic heterocycles. The van der Waals surface area contributed by atoms with Gasteiger partial charge in [0.2, 0.25) is 0 Å². The molecule has 3 nitrogen and oxygen atoms in total. The highest BCUT2D eigenvalue weighted by Crippen LogP contribution is 2.35. The van der Waals surface area contributed by atoms with Crippen molar-refractivity contribution in [2.24, 2.45) is 5.92 Å². The van der Waals surface area contributed by atoms with Crippen LogP contribution in [0.15, 0.2) is 24.3 Å². The molecule has 0 bridgehead atoms. The fourth-order valence-electron chi connectivity index (χ4n) is 1.61. The molecule has 1 aromatic rings. The topological polar surface area (TPSA) is 41.5 Å². The van der Waals surface area contributed by atoms with Crippen molar-refractivity contribution in [1.29, 1.82) is 0 Å². The van der Waals surface area contributed by atoms with E-state index in [4.69, 9.17) is 4.74 Å². The molecule has 0 spiro atoms. The molecule has 114 valence electrons. The van der Waals surface area contributed by atoms with Gasteiger partial charge >= 0.3 is 6.18 Å². The molecule has 0 fully saturated rings. The molecule has 0 saturated carbocycles. The molecular formula is C14H20F3NO2. The lowest BCUT2D eigenvalue weighted by Gasteiger charge is -2.17. The molecule has 0 heterocycles. The second-order valence-electron chi connectivity index (χ2n) is 5.01. The second kappa shape index (κ2) is 7.50. The highest BCUT2D eigenvalue weighted by molar-refractivity contribution is 5.35. The number of nitrogens with one attached hydrogen (secondary N) is 1. The Balaban J connectivity index is 2.49. The second-order valence-corrected chi connectivity index (χ2v) is 5.01. The molecule has 1 atom stereocenters. The van der Waals surface area contributed by atoms with Crippen molar-refractivity contribution in [3.63, 3.8) is 0 Å². The van der Waals surface area contributed by atoms with Gasteiger partial charge in [-0.25, -0.2) is 0 Å². The number of aliphatic hydroxyl groups is 1. The van der Waals surface area contributed by atoms with E-state index in [1.807, 2.05) is 13.8 Å². The van der Waals surface area contributed by atoms with Crippen molar-refractivity contribution in [2.75, 3.05) is 19.7 Å². The van der Waals surface area contributed by atoms with Crippen LogP contribution in [-0.4, -0.2) is 30.9 Å². The minimum Gasteiger partial charge on any atom is -0.490 e. The van der Waals surface area contributed by atoms with Gasteiger partial charge in [0.15, 0.2) is 0 Å². The van der Waals surface area contributed by atoms with Gasteiger partial charge in [-0.15, -0.1) is 0 Å². The van der Waals surface area contributed by atoms with Crippen molar-refractivity contribution >= 4 is 0 Å². The van der Waals surface area contributed by atoms with E-state index in [-0.39, 0.29) is 18.9 Å². The van der Waals surface area contributed by atoms with E-state index in [0.29, 0.717) is 5.92 Å². The zero-order valence-electron chi connectivity index (χ0n) is 11.6. The molecule has 6 heteroatoms. The fourth-order valence-corrected chi connectivity index (χ4v) is 1.61. The number of alkyl halides is 3. The minimum atomic E-state index is -4.46. The van der Waals surface area contributed by atoms with E-state index in [1.165, 1.54) is 18.2 Å². The number of hydrogen-bond acceptors (Lipinski definition) is 3. The lowest BCUT2D eigenvalue weighted by Crippen LogP contribution is -2.33. The molecule has 0 amide bonds. The summed E-state index contributed by atoms with van der Waals surface area (Å²) >= 11 is 0. The molecule has 0 aliphatic rings. The largest absolute Gasteiger partial charge is 0.490 e. The summed E-state index contributed by atoms with van der Waals surface area (Å²) in [5.74, 6) is 0.178. The van der Waals surface area contributed by atoms with Crippen LogP contribution in [0.2, 0.25) is 0 Å². The molecule has 0 aromatic heterocycles. The Labute approximate surface area is 116 Å². The fraction of sp³-hybridized carbons (Fsp3) is 0.571. The normalized spacial score (nSPS) is 13.6. The van der Waals surface area contributed by atoms with Crippen LogP contribution < -0.4 is 10.1 Å². The molecule has 20 heavy (non-hydrogen) atoms. The van der Waals surface area contributed by atoms with E-state index < -0.39 is 17.8 Å². The Morgan fingerprint density at radius 3 is 2.45 bits per heavy atom. The van der Waals surface area contributed by atoms with E-state index in [2.05, 4.69) is 5.32 Å². The first-order chi connectivity index (χ1) is 9.30. The Morgan fingerprint density at radius 1 is 1.20 bits per heavy atom. The zero-order valence-corrected chi connectivity index (χ0v) is 11.6. The number of hydrogen-bond donors (Lipinski definition) is 2. The van der Waals surface area contributed by atoms with Gasteiger partial charge in [0.1, 0.15) is 18.5 Å². The first-order valence-corrected chi connectivity index (χ1v) is 6.48. The molecule has 1 unspecified atom stereocenters. The summed E-state index contributed by atoms with van der Waals surface area (Å²) in [5, 5.41) is 12.7. The van der Waals surface area contributed by atoms with Crippen LogP contribution >= 0.6 is 0 Å². The van der Waals surface area contributed by atoms with Crippen LogP contribution in [0.4, 0.5) is 13.2 Å². The molecule has 0 radical (unpaired) electrons. The zero-order chi connectivity index (χ0) is 15.2. The van der Waals surface area contributed by atoms with E-state index in [9.17, 15) is 18.3 Å². The molecule has 0 saturated heterocycles. The van der Waals surface area contributed by atoms with Crippen molar-refractivity contribution < 1.29 is 23.0 Å². The third-order valence-electron chi connectivity index (χ3n) is 2.56. The van der Waals surface area contributed by atoms with Crippen LogP contribution in [0.5, 0.6) is 5.75 Å². The Morgan fingerprint density at radius 2 is 1.85 bits per heavy atom. The molecule has 2 N–H and O–H groups in total. The molecule has 1 aromatic carbocycles. The summed E-state index contributed by atoms with van der Waals surface area (Å²) < 4.78 is 43.2. The standard InChI is InChI=1S/C14H20F3NO2/c1-10(2)7-18-8-11(19)9-20-13-6-4-3-5-12(13)14(15,16)17/h3-6,10-11,18-19H,7-9H2,1-2H3. The highest BCUT2D eigenvalue weighted by atomic mass is 19.4. The number of halogens is 3. The van der Waals surface area contributed by atoms with Gasteiger partial charge < -0.3 is 15.2 Å². The summed E-state index contributed by atoms with van der Waals surface area (Å²) in [6, 6.07) is 4.97. The maximum atomic E-state index is 12.7. The van der Waals surface area contributed by atoms with Gasteiger partial charge in [0, 0.05) is 6.54 Å². The van der Waals surface area contributed by atoms with Crippen molar-refractivity contribution in [3.8, 4) is 5.75 Å². The van der Waals surface area contributed by atoms with Crippen LogP contribution in [0.1, 0.15) is 19.4 Å². The summed E-state index contributed by atoms with van der Waals surface area (Å²) in [5.41, 5.74) is -0.831. The highest BCUT2D eigenvalue weighted by Gasteiger charge is 2.34. The SMILES string of the molecule is CC(C)CNCC(O)COc1ccccc1C(F)(F)F. The first kappa shape index (κ1) is 16.8.